The second-order valence-corrected chi connectivity index (χ2v) is 7.85. The summed E-state index contributed by atoms with van der Waals surface area (Å²) in [4.78, 5) is 24.6. The van der Waals surface area contributed by atoms with Crippen LogP contribution in [-0.4, -0.2) is 39.3 Å². The first kappa shape index (κ1) is 23.1. The van der Waals surface area contributed by atoms with Gasteiger partial charge in [-0.25, -0.2) is 0 Å². The highest BCUT2D eigenvalue weighted by molar-refractivity contribution is 9.10. The Morgan fingerprint density at radius 3 is 2.48 bits per heavy atom. The molecule has 0 radical (unpaired) electrons. The third kappa shape index (κ3) is 6.15. The van der Waals surface area contributed by atoms with Crippen LogP contribution in [0.1, 0.15) is 45.5 Å². The quantitative estimate of drug-likeness (QED) is 0.608. The number of carbonyl (C=O) groups excluding carboxylic acids is 2. The van der Waals surface area contributed by atoms with Gasteiger partial charge < -0.3 is 15.4 Å². The minimum Gasteiger partial charge on any atom is -0.494 e. The third-order valence-corrected chi connectivity index (χ3v) is 5.96. The Labute approximate surface area is 181 Å². The molecule has 0 bridgehead atoms. The lowest BCUT2D eigenvalue weighted by Crippen LogP contribution is -2.34. The van der Waals surface area contributed by atoms with E-state index in [4.69, 9.17) is 4.74 Å². The summed E-state index contributed by atoms with van der Waals surface area (Å²) in [7, 11) is 1.50. The monoisotopic (exact) mass is 460 g/mol. The number of hydrogen-bond acceptors (Lipinski definition) is 5. The number of aldehydes is 2. The van der Waals surface area contributed by atoms with Gasteiger partial charge in [-0.3, -0.25) is 9.59 Å². The second kappa shape index (κ2) is 11.7. The Morgan fingerprint density at radius 1 is 1.14 bits per heavy atom. The number of halogens is 1. The van der Waals surface area contributed by atoms with Crippen molar-refractivity contribution in [2.75, 3.05) is 31.6 Å². The molecule has 0 aliphatic carbocycles. The fourth-order valence-corrected chi connectivity index (χ4v) is 4.04. The van der Waals surface area contributed by atoms with E-state index in [0.29, 0.717) is 18.1 Å². The number of rotatable bonds is 7. The maximum absolute atomic E-state index is 11.4. The lowest BCUT2D eigenvalue weighted by atomic mass is 9.93. The molecule has 0 aromatic heterocycles. The fraction of sp³-hybridized carbons (Fsp3) is 0.391. The Balaban J connectivity index is 0.00000145. The topological polar surface area (TPSA) is 72.6 Å². The molecule has 1 aliphatic rings. The number of ether oxygens (including phenoxy) is 1. The number of benzene rings is 2. The normalized spacial score (nSPS) is 14.0. The summed E-state index contributed by atoms with van der Waals surface area (Å²) in [5.41, 5.74) is 7.89. The zero-order valence-electron chi connectivity index (χ0n) is 17.1. The van der Waals surface area contributed by atoms with Crippen LogP contribution in [0.5, 0.6) is 5.75 Å². The largest absolute Gasteiger partial charge is 0.494 e. The Bertz CT molecular complexity index is 818. The minimum atomic E-state index is 0.628. The summed E-state index contributed by atoms with van der Waals surface area (Å²) < 4.78 is 6.72. The van der Waals surface area contributed by atoms with Crippen molar-refractivity contribution in [3.8, 4) is 5.75 Å². The van der Waals surface area contributed by atoms with E-state index < -0.39 is 0 Å². The minimum absolute atomic E-state index is 0.628. The van der Waals surface area contributed by atoms with Gasteiger partial charge >= 0.3 is 0 Å². The summed E-state index contributed by atoms with van der Waals surface area (Å²) in [5, 5.41) is 0. The first-order valence-electron chi connectivity index (χ1n) is 9.87. The van der Waals surface area contributed by atoms with Gasteiger partial charge in [-0.15, -0.1) is 0 Å². The SMILES string of the molecule is CN.Cc1cc(OCCC2CCN(c3cccc(Br)c3C=O)CC2)ccc1C=O. The predicted molar refractivity (Wildman–Crippen MR) is 121 cm³/mol. The molecular weight excluding hydrogens is 432 g/mol. The van der Waals surface area contributed by atoms with Crippen molar-refractivity contribution in [2.24, 2.45) is 11.7 Å². The molecule has 1 heterocycles. The Hall–Kier alpha value is -2.18. The molecule has 6 heteroatoms. The molecule has 29 heavy (non-hydrogen) atoms. The van der Waals surface area contributed by atoms with Crippen LogP contribution in [0.3, 0.4) is 0 Å². The highest BCUT2D eigenvalue weighted by Crippen LogP contribution is 2.30. The van der Waals surface area contributed by atoms with Crippen LogP contribution in [0.25, 0.3) is 0 Å². The van der Waals surface area contributed by atoms with Crippen molar-refractivity contribution in [2.45, 2.75) is 26.2 Å². The van der Waals surface area contributed by atoms with Crippen molar-refractivity contribution < 1.29 is 14.3 Å². The smallest absolute Gasteiger partial charge is 0.153 e. The summed E-state index contributed by atoms with van der Waals surface area (Å²) in [6.07, 6.45) is 5.00. The molecule has 2 aromatic carbocycles. The molecule has 0 amide bonds. The van der Waals surface area contributed by atoms with Gasteiger partial charge in [0.2, 0.25) is 0 Å². The maximum Gasteiger partial charge on any atom is 0.153 e. The van der Waals surface area contributed by atoms with Crippen LogP contribution in [-0.2, 0) is 0 Å². The van der Waals surface area contributed by atoms with Crippen molar-refractivity contribution in [1.29, 1.82) is 0 Å². The Kier molecular flexibility index (Phi) is 9.35. The van der Waals surface area contributed by atoms with Crippen molar-refractivity contribution in [3.63, 3.8) is 0 Å². The van der Waals surface area contributed by atoms with Crippen molar-refractivity contribution in [3.05, 3.63) is 57.6 Å². The van der Waals surface area contributed by atoms with Crippen LogP contribution in [0.2, 0.25) is 0 Å². The zero-order chi connectivity index (χ0) is 21.2. The molecule has 2 N–H and O–H groups in total. The molecule has 156 valence electrons. The molecule has 3 rings (SSSR count). The van der Waals surface area contributed by atoms with E-state index in [0.717, 1.165) is 72.0 Å². The van der Waals surface area contributed by atoms with Crippen molar-refractivity contribution in [1.82, 2.24) is 0 Å². The number of hydrogen-bond donors (Lipinski definition) is 1. The van der Waals surface area contributed by atoms with E-state index >= 15 is 0 Å². The maximum atomic E-state index is 11.4. The summed E-state index contributed by atoms with van der Waals surface area (Å²) in [6, 6.07) is 11.5. The van der Waals surface area contributed by atoms with Gasteiger partial charge in [0, 0.05) is 28.8 Å². The number of anilines is 1. The first-order valence-corrected chi connectivity index (χ1v) is 10.7. The van der Waals surface area contributed by atoms with E-state index in [1.54, 1.807) is 6.07 Å². The molecule has 2 aromatic rings. The molecular formula is C23H29BrN2O3. The summed E-state index contributed by atoms with van der Waals surface area (Å²) >= 11 is 3.46. The van der Waals surface area contributed by atoms with Crippen LogP contribution in [0, 0.1) is 12.8 Å². The van der Waals surface area contributed by atoms with E-state index in [1.165, 1.54) is 7.05 Å². The fourth-order valence-electron chi connectivity index (χ4n) is 3.59. The van der Waals surface area contributed by atoms with E-state index in [1.807, 2.05) is 37.3 Å². The van der Waals surface area contributed by atoms with Gasteiger partial charge in [-0.1, -0.05) is 6.07 Å². The molecule has 0 unspecified atom stereocenters. The summed E-state index contributed by atoms with van der Waals surface area (Å²) in [5.74, 6) is 1.45. The van der Waals surface area contributed by atoms with Gasteiger partial charge in [0.05, 0.1) is 12.2 Å². The molecule has 5 nitrogen and oxygen atoms in total. The molecule has 1 saturated heterocycles. The van der Waals surface area contributed by atoms with Crippen LogP contribution in [0.4, 0.5) is 5.69 Å². The molecule has 0 saturated carbocycles. The summed E-state index contributed by atoms with van der Waals surface area (Å²) in [6.45, 7) is 4.51. The molecule has 1 aliphatic heterocycles. The van der Waals surface area contributed by atoms with Gasteiger partial charge in [-0.2, -0.15) is 0 Å². The average Bonchev–Trinajstić information content (AvgIpc) is 2.76. The van der Waals surface area contributed by atoms with Crippen LogP contribution >= 0.6 is 15.9 Å². The highest BCUT2D eigenvalue weighted by atomic mass is 79.9. The third-order valence-electron chi connectivity index (χ3n) is 5.27. The van der Waals surface area contributed by atoms with Gasteiger partial charge in [-0.05, 0) is 91.0 Å². The van der Waals surface area contributed by atoms with E-state index in [-0.39, 0.29) is 0 Å². The first-order chi connectivity index (χ1) is 14.1. The van der Waals surface area contributed by atoms with Gasteiger partial charge in [0.15, 0.2) is 6.29 Å². The van der Waals surface area contributed by atoms with Crippen LogP contribution in [0.15, 0.2) is 40.9 Å². The molecule has 0 atom stereocenters. The lowest BCUT2D eigenvalue weighted by Gasteiger charge is -2.34. The van der Waals surface area contributed by atoms with Gasteiger partial charge in [0.25, 0.3) is 0 Å². The number of nitrogens with two attached hydrogens (primary N) is 1. The predicted octanol–water partition coefficient (Wildman–Crippen LogP) is 4.64. The van der Waals surface area contributed by atoms with E-state index in [9.17, 15) is 9.59 Å². The molecule has 1 fully saturated rings. The van der Waals surface area contributed by atoms with E-state index in [2.05, 4.69) is 26.6 Å². The number of piperidine rings is 1. The Morgan fingerprint density at radius 2 is 1.86 bits per heavy atom. The average molecular weight is 461 g/mol. The zero-order valence-corrected chi connectivity index (χ0v) is 18.7. The molecule has 0 spiro atoms. The van der Waals surface area contributed by atoms with Crippen molar-refractivity contribution >= 4 is 34.2 Å². The lowest BCUT2D eigenvalue weighted by molar-refractivity contribution is 0.111. The number of nitrogens with zero attached hydrogens (tertiary/aromatic N) is 1. The second-order valence-electron chi connectivity index (χ2n) is 6.99. The highest BCUT2D eigenvalue weighted by Gasteiger charge is 2.21. The van der Waals surface area contributed by atoms with Crippen LogP contribution < -0.4 is 15.4 Å². The standard InChI is InChI=1S/C22H24BrNO3.CH5N/c1-16-13-19(6-5-18(16)14-25)27-12-9-17-7-10-24(11-8-17)22-4-2-3-21(23)20(22)15-26;1-2/h2-6,13-15,17H,7-12H2,1H3;2H2,1H3. The number of carbonyl (C=O) groups is 2. The number of aryl methyl sites for hydroxylation is 1. The van der Waals surface area contributed by atoms with Gasteiger partial charge in [0.1, 0.15) is 12.0 Å².